The van der Waals surface area contributed by atoms with Crippen LogP contribution in [0.1, 0.15) is 18.5 Å². The smallest absolute Gasteiger partial charge is 0.235 e. The predicted octanol–water partition coefficient (Wildman–Crippen LogP) is 2.51. The number of carbonyl (C=O) groups excluding carboxylic acids is 1. The Morgan fingerprint density at radius 3 is 2.36 bits per heavy atom. The largest absolute Gasteiger partial charge is 0.356 e. The summed E-state index contributed by atoms with van der Waals surface area (Å²) < 4.78 is 5.54. The number of anilines is 1. The topological polar surface area (TPSA) is 75.4 Å². The van der Waals surface area contributed by atoms with Gasteiger partial charge >= 0.3 is 0 Å². The fourth-order valence-corrected chi connectivity index (χ4v) is 3.81. The van der Waals surface area contributed by atoms with Crippen molar-refractivity contribution in [2.45, 2.75) is 18.3 Å². The first-order chi connectivity index (χ1) is 13.8. The second kappa shape index (κ2) is 6.74. The van der Waals surface area contributed by atoms with Crippen molar-refractivity contribution in [3.8, 4) is 11.3 Å². The van der Waals surface area contributed by atoms with E-state index in [1.165, 1.54) is 0 Å². The monoisotopic (exact) mass is 375 g/mol. The second-order valence-electron chi connectivity index (χ2n) is 7.35. The van der Waals surface area contributed by atoms with Crippen molar-refractivity contribution < 1.29 is 9.32 Å². The SMILES string of the molecule is O=C(N1CCN(c2ncccn2)CC1)C1(c2cc(-c3ccccc3)on2)CC1. The molecule has 0 N–H and O–H groups in total. The molecule has 28 heavy (non-hydrogen) atoms. The Bertz CT molecular complexity index is 961. The van der Waals surface area contributed by atoms with Crippen LogP contribution in [0.2, 0.25) is 0 Å². The number of benzene rings is 1. The van der Waals surface area contributed by atoms with Gasteiger partial charge in [0.1, 0.15) is 0 Å². The standard InChI is InChI=1S/C21H21N5O2/c27-19(25-11-13-26(14-12-25)20-22-9-4-10-23-20)21(7-8-21)18-15-17(28-24-18)16-5-2-1-3-6-16/h1-6,9-10,15H,7-8,11-14H2. The minimum Gasteiger partial charge on any atom is -0.356 e. The average Bonchev–Trinajstić information content (AvgIpc) is 3.43. The molecule has 7 nitrogen and oxygen atoms in total. The number of rotatable bonds is 4. The van der Waals surface area contributed by atoms with Crippen molar-refractivity contribution in [3.05, 3.63) is 60.6 Å². The first kappa shape index (κ1) is 16.9. The molecule has 7 heteroatoms. The normalized spacial score (nSPS) is 18.1. The summed E-state index contributed by atoms with van der Waals surface area (Å²) in [6.45, 7) is 2.81. The van der Waals surface area contributed by atoms with Crippen LogP contribution < -0.4 is 4.90 Å². The minimum absolute atomic E-state index is 0.161. The molecule has 142 valence electrons. The lowest BCUT2D eigenvalue weighted by atomic mass is 9.99. The van der Waals surface area contributed by atoms with Crippen LogP contribution in [-0.2, 0) is 10.2 Å². The molecule has 3 heterocycles. The van der Waals surface area contributed by atoms with Gasteiger partial charge in [-0.05, 0) is 18.9 Å². The van der Waals surface area contributed by atoms with Gasteiger partial charge in [-0.15, -0.1) is 0 Å². The van der Waals surface area contributed by atoms with Crippen LogP contribution in [0.5, 0.6) is 0 Å². The van der Waals surface area contributed by atoms with Crippen molar-refractivity contribution in [1.82, 2.24) is 20.0 Å². The molecule has 1 amide bonds. The second-order valence-corrected chi connectivity index (χ2v) is 7.35. The van der Waals surface area contributed by atoms with Crippen LogP contribution in [0.15, 0.2) is 59.4 Å². The third-order valence-corrected chi connectivity index (χ3v) is 5.62. The maximum Gasteiger partial charge on any atom is 0.235 e. The Labute approximate surface area is 163 Å². The molecule has 2 aliphatic rings. The molecule has 1 aromatic carbocycles. The minimum atomic E-state index is -0.512. The highest BCUT2D eigenvalue weighted by atomic mass is 16.5. The maximum atomic E-state index is 13.3. The van der Waals surface area contributed by atoms with Gasteiger partial charge in [-0.3, -0.25) is 4.79 Å². The van der Waals surface area contributed by atoms with Crippen molar-refractivity contribution in [2.75, 3.05) is 31.1 Å². The van der Waals surface area contributed by atoms with Crippen molar-refractivity contribution >= 4 is 11.9 Å². The summed E-state index contributed by atoms with van der Waals surface area (Å²) >= 11 is 0. The van der Waals surface area contributed by atoms with Crippen molar-refractivity contribution in [2.24, 2.45) is 0 Å². The molecular formula is C21H21N5O2. The zero-order valence-corrected chi connectivity index (χ0v) is 15.5. The van der Waals surface area contributed by atoms with Gasteiger partial charge in [0, 0.05) is 50.2 Å². The molecule has 1 saturated carbocycles. The fourth-order valence-electron chi connectivity index (χ4n) is 3.81. The predicted molar refractivity (Wildman–Crippen MR) is 104 cm³/mol. The van der Waals surface area contributed by atoms with Gasteiger partial charge in [-0.2, -0.15) is 0 Å². The van der Waals surface area contributed by atoms with E-state index in [1.807, 2.05) is 47.4 Å². The van der Waals surface area contributed by atoms with E-state index in [1.54, 1.807) is 12.4 Å². The lowest BCUT2D eigenvalue weighted by Crippen LogP contribution is -2.52. The molecule has 5 rings (SSSR count). The molecule has 3 aromatic rings. The number of piperazine rings is 1. The molecule has 1 aliphatic heterocycles. The van der Waals surface area contributed by atoms with Gasteiger partial charge in [0.05, 0.1) is 11.1 Å². The Hall–Kier alpha value is -3.22. The fraction of sp³-hybridized carbons (Fsp3) is 0.333. The van der Waals surface area contributed by atoms with E-state index >= 15 is 0 Å². The quantitative estimate of drug-likeness (QED) is 0.697. The zero-order chi connectivity index (χ0) is 19.0. The van der Waals surface area contributed by atoms with Crippen LogP contribution in [0.25, 0.3) is 11.3 Å². The summed E-state index contributed by atoms with van der Waals surface area (Å²) in [6.07, 6.45) is 5.14. The van der Waals surface area contributed by atoms with Crippen LogP contribution >= 0.6 is 0 Å². The molecule has 0 bridgehead atoms. The van der Waals surface area contributed by atoms with Gasteiger partial charge in [0.25, 0.3) is 0 Å². The molecule has 2 aromatic heterocycles. The van der Waals surface area contributed by atoms with Gasteiger partial charge in [-0.1, -0.05) is 35.5 Å². The van der Waals surface area contributed by atoms with Gasteiger partial charge in [0.2, 0.25) is 11.9 Å². The third-order valence-electron chi connectivity index (χ3n) is 5.62. The van der Waals surface area contributed by atoms with Gasteiger partial charge in [-0.25, -0.2) is 9.97 Å². The summed E-state index contributed by atoms with van der Waals surface area (Å²) in [6, 6.07) is 13.6. The van der Waals surface area contributed by atoms with Crippen LogP contribution in [-0.4, -0.2) is 52.1 Å². The van der Waals surface area contributed by atoms with Gasteiger partial charge in [0.15, 0.2) is 5.76 Å². The highest BCUT2D eigenvalue weighted by molar-refractivity contribution is 5.91. The Balaban J connectivity index is 1.29. The van der Waals surface area contributed by atoms with E-state index in [2.05, 4.69) is 20.0 Å². The van der Waals surface area contributed by atoms with Crippen LogP contribution in [0.4, 0.5) is 5.95 Å². The molecular weight excluding hydrogens is 354 g/mol. The van der Waals surface area contributed by atoms with Crippen molar-refractivity contribution in [1.29, 1.82) is 0 Å². The third kappa shape index (κ3) is 2.93. The first-order valence-electron chi connectivity index (χ1n) is 9.60. The maximum absolute atomic E-state index is 13.3. The molecule has 1 saturated heterocycles. The highest BCUT2D eigenvalue weighted by Crippen LogP contribution is 2.50. The van der Waals surface area contributed by atoms with Crippen LogP contribution in [0, 0.1) is 0 Å². The summed E-state index contributed by atoms with van der Waals surface area (Å²) in [5.74, 6) is 1.59. The average molecular weight is 375 g/mol. The van der Waals surface area contributed by atoms with Crippen molar-refractivity contribution in [3.63, 3.8) is 0 Å². The Morgan fingerprint density at radius 1 is 0.964 bits per heavy atom. The van der Waals surface area contributed by atoms with E-state index in [0.717, 1.165) is 43.1 Å². The van der Waals surface area contributed by atoms with Gasteiger partial charge < -0.3 is 14.3 Å². The summed E-state index contributed by atoms with van der Waals surface area (Å²) in [7, 11) is 0. The zero-order valence-electron chi connectivity index (χ0n) is 15.5. The Morgan fingerprint density at radius 2 is 1.68 bits per heavy atom. The molecule has 0 atom stereocenters. The Kier molecular flexibility index (Phi) is 4.07. The lowest BCUT2D eigenvalue weighted by molar-refractivity contribution is -0.134. The number of carbonyl (C=O) groups is 1. The number of aromatic nitrogens is 3. The van der Waals surface area contributed by atoms with E-state index in [4.69, 9.17) is 4.52 Å². The highest BCUT2D eigenvalue weighted by Gasteiger charge is 2.55. The summed E-state index contributed by atoms with van der Waals surface area (Å²) in [4.78, 5) is 25.9. The van der Waals surface area contributed by atoms with Crippen LogP contribution in [0.3, 0.4) is 0 Å². The number of nitrogens with zero attached hydrogens (tertiary/aromatic N) is 5. The number of hydrogen-bond acceptors (Lipinski definition) is 6. The molecule has 0 radical (unpaired) electrons. The molecule has 0 unspecified atom stereocenters. The molecule has 2 fully saturated rings. The van der Waals surface area contributed by atoms with E-state index in [9.17, 15) is 4.79 Å². The number of hydrogen-bond donors (Lipinski definition) is 0. The molecule has 0 spiro atoms. The summed E-state index contributed by atoms with van der Waals surface area (Å²) in [5.41, 5.74) is 1.22. The molecule has 1 aliphatic carbocycles. The van der Waals surface area contributed by atoms with E-state index in [-0.39, 0.29) is 5.91 Å². The number of amides is 1. The lowest BCUT2D eigenvalue weighted by Gasteiger charge is -2.36. The first-order valence-corrected chi connectivity index (χ1v) is 9.60. The van der Waals surface area contributed by atoms with E-state index < -0.39 is 5.41 Å². The summed E-state index contributed by atoms with van der Waals surface area (Å²) in [5, 5.41) is 4.25. The van der Waals surface area contributed by atoms with E-state index in [0.29, 0.717) is 18.8 Å².